The van der Waals surface area contributed by atoms with Gasteiger partial charge in [-0.1, -0.05) is 23.7 Å². The first-order chi connectivity index (χ1) is 13.0. The maximum absolute atomic E-state index is 12.0. The van der Waals surface area contributed by atoms with Crippen LogP contribution < -0.4 is 16.4 Å². The first kappa shape index (κ1) is 19.2. The van der Waals surface area contributed by atoms with E-state index in [4.69, 9.17) is 22.1 Å². The molecule has 1 aliphatic heterocycles. The van der Waals surface area contributed by atoms with Gasteiger partial charge in [-0.2, -0.15) is 4.98 Å². The summed E-state index contributed by atoms with van der Waals surface area (Å²) >= 11 is 6.20. The van der Waals surface area contributed by atoms with Crippen LogP contribution in [0.15, 0.2) is 24.3 Å². The van der Waals surface area contributed by atoms with Gasteiger partial charge in [0.05, 0.1) is 18.9 Å². The van der Waals surface area contributed by atoms with E-state index < -0.39 is 0 Å². The molecule has 27 heavy (non-hydrogen) atoms. The molecule has 1 aliphatic rings. The average molecular weight is 391 g/mol. The Morgan fingerprint density at radius 1 is 1.30 bits per heavy atom. The lowest BCUT2D eigenvalue weighted by atomic mass is 10.1. The first-order valence-electron chi connectivity index (χ1n) is 8.79. The van der Waals surface area contributed by atoms with Crippen molar-refractivity contribution in [1.82, 2.24) is 20.2 Å². The molecule has 0 bridgehead atoms. The van der Waals surface area contributed by atoms with Crippen molar-refractivity contribution in [2.75, 3.05) is 50.4 Å². The van der Waals surface area contributed by atoms with E-state index in [1.807, 2.05) is 31.2 Å². The normalized spacial score (nSPS) is 14.1. The number of carbonyl (C=O) groups is 1. The van der Waals surface area contributed by atoms with Gasteiger partial charge in [-0.05, 0) is 18.6 Å². The van der Waals surface area contributed by atoms with Crippen LogP contribution in [-0.4, -0.2) is 60.3 Å². The third-order valence-corrected chi connectivity index (χ3v) is 4.70. The van der Waals surface area contributed by atoms with Gasteiger partial charge in [0.25, 0.3) is 0 Å². The second-order valence-electron chi connectivity index (χ2n) is 6.17. The van der Waals surface area contributed by atoms with E-state index in [2.05, 4.69) is 20.6 Å². The van der Waals surface area contributed by atoms with E-state index in [-0.39, 0.29) is 12.0 Å². The number of urea groups is 1. The number of ether oxygens (including phenoxy) is 1. The molecule has 0 atom stereocenters. The molecule has 144 valence electrons. The molecule has 2 amide bonds. The Morgan fingerprint density at radius 3 is 2.85 bits per heavy atom. The molecule has 0 unspecified atom stereocenters. The molecule has 0 saturated carbocycles. The number of morpholine rings is 1. The van der Waals surface area contributed by atoms with Crippen molar-refractivity contribution in [2.45, 2.75) is 6.92 Å². The van der Waals surface area contributed by atoms with Crippen LogP contribution in [0.4, 0.5) is 16.6 Å². The van der Waals surface area contributed by atoms with Crippen LogP contribution in [0.2, 0.25) is 5.02 Å². The van der Waals surface area contributed by atoms with Gasteiger partial charge in [-0.15, -0.1) is 0 Å². The third kappa shape index (κ3) is 4.99. The van der Waals surface area contributed by atoms with Gasteiger partial charge in [0.2, 0.25) is 5.95 Å². The van der Waals surface area contributed by atoms with E-state index in [1.165, 1.54) is 0 Å². The summed E-state index contributed by atoms with van der Waals surface area (Å²) in [6.45, 7) is 5.31. The summed E-state index contributed by atoms with van der Waals surface area (Å²) in [4.78, 5) is 22.3. The Hall–Kier alpha value is -2.58. The molecule has 9 heteroatoms. The molecule has 8 nitrogen and oxygen atoms in total. The number of hydrogen-bond donors (Lipinski definition) is 3. The molecule has 1 fully saturated rings. The smallest absolute Gasteiger partial charge is 0.317 e. The zero-order valence-corrected chi connectivity index (χ0v) is 15.9. The molecule has 1 aromatic carbocycles. The number of nitrogen functional groups attached to an aromatic ring is 1. The molecule has 4 N–H and O–H groups in total. The van der Waals surface area contributed by atoms with Crippen molar-refractivity contribution in [3.8, 4) is 11.3 Å². The summed E-state index contributed by atoms with van der Waals surface area (Å²) in [5.41, 5.74) is 8.38. The van der Waals surface area contributed by atoms with Crippen molar-refractivity contribution in [2.24, 2.45) is 0 Å². The minimum absolute atomic E-state index is 0.0856. The van der Waals surface area contributed by atoms with Gasteiger partial charge in [0, 0.05) is 42.8 Å². The van der Waals surface area contributed by atoms with Crippen LogP contribution in [0.25, 0.3) is 11.3 Å². The van der Waals surface area contributed by atoms with Gasteiger partial charge >= 0.3 is 6.03 Å². The summed E-state index contributed by atoms with van der Waals surface area (Å²) in [5.74, 6) is 0.768. The molecule has 2 aromatic rings. The number of aromatic nitrogens is 2. The summed E-state index contributed by atoms with van der Waals surface area (Å²) in [5, 5.41) is 6.71. The Balaban J connectivity index is 1.58. The second-order valence-corrected chi connectivity index (χ2v) is 6.57. The fourth-order valence-electron chi connectivity index (χ4n) is 2.82. The number of nitrogens with zero attached hydrogens (tertiary/aromatic N) is 3. The number of nitrogens with one attached hydrogen (secondary N) is 2. The lowest BCUT2D eigenvalue weighted by Gasteiger charge is -2.26. The van der Waals surface area contributed by atoms with E-state index >= 15 is 0 Å². The molecule has 1 saturated heterocycles. The minimum Gasteiger partial charge on any atom is -0.378 e. The lowest BCUT2D eigenvalue weighted by molar-refractivity contribution is 0.0533. The van der Waals surface area contributed by atoms with Crippen molar-refractivity contribution >= 4 is 29.4 Å². The summed E-state index contributed by atoms with van der Waals surface area (Å²) < 4.78 is 5.24. The Kier molecular flexibility index (Phi) is 6.31. The van der Waals surface area contributed by atoms with Gasteiger partial charge in [-0.3, -0.25) is 0 Å². The van der Waals surface area contributed by atoms with Crippen molar-refractivity contribution in [3.63, 3.8) is 0 Å². The lowest BCUT2D eigenvalue weighted by Crippen LogP contribution is -2.47. The van der Waals surface area contributed by atoms with Crippen molar-refractivity contribution in [3.05, 3.63) is 34.9 Å². The minimum atomic E-state index is -0.0856. The largest absolute Gasteiger partial charge is 0.378 e. The monoisotopic (exact) mass is 390 g/mol. The zero-order chi connectivity index (χ0) is 19.2. The predicted octanol–water partition coefficient (Wildman–Crippen LogP) is 2.14. The van der Waals surface area contributed by atoms with Crippen LogP contribution in [0.5, 0.6) is 0 Å². The highest BCUT2D eigenvalue weighted by Gasteiger charge is 2.16. The summed E-state index contributed by atoms with van der Waals surface area (Å²) in [6, 6.07) is 7.38. The van der Waals surface area contributed by atoms with E-state index in [0.717, 1.165) is 11.1 Å². The predicted molar refractivity (Wildman–Crippen MR) is 106 cm³/mol. The van der Waals surface area contributed by atoms with Gasteiger partial charge in [0.15, 0.2) is 0 Å². The molecule has 3 rings (SSSR count). The number of rotatable bonds is 5. The number of carbonyl (C=O) groups excluding carboxylic acids is 1. The molecule has 2 heterocycles. The molecule has 0 radical (unpaired) electrons. The number of nitrogens with two attached hydrogens (primary N) is 1. The van der Waals surface area contributed by atoms with E-state index in [9.17, 15) is 4.79 Å². The SMILES string of the molecule is Cc1c(Cl)cccc1-c1cc(NCCNC(=O)N2CCOCC2)nc(N)n1. The number of hydrogen-bond acceptors (Lipinski definition) is 6. The Labute approximate surface area is 163 Å². The quantitative estimate of drug-likeness (QED) is 0.675. The maximum Gasteiger partial charge on any atom is 0.317 e. The van der Waals surface area contributed by atoms with Gasteiger partial charge in [-0.25, -0.2) is 9.78 Å². The number of anilines is 2. The summed E-state index contributed by atoms with van der Waals surface area (Å²) in [6.07, 6.45) is 0. The fourth-order valence-corrected chi connectivity index (χ4v) is 2.99. The molecule has 1 aromatic heterocycles. The van der Waals surface area contributed by atoms with Crippen LogP contribution in [0, 0.1) is 6.92 Å². The summed E-state index contributed by atoms with van der Waals surface area (Å²) in [7, 11) is 0. The second kappa shape index (κ2) is 8.88. The molecular weight excluding hydrogens is 368 g/mol. The van der Waals surface area contributed by atoms with Crippen LogP contribution in [0.3, 0.4) is 0 Å². The topological polar surface area (TPSA) is 105 Å². The Bertz CT molecular complexity index is 810. The van der Waals surface area contributed by atoms with Crippen LogP contribution >= 0.6 is 11.6 Å². The maximum atomic E-state index is 12.0. The first-order valence-corrected chi connectivity index (χ1v) is 9.17. The van der Waals surface area contributed by atoms with E-state index in [1.54, 1.807) is 4.90 Å². The third-order valence-electron chi connectivity index (χ3n) is 4.29. The van der Waals surface area contributed by atoms with Crippen molar-refractivity contribution < 1.29 is 9.53 Å². The highest BCUT2D eigenvalue weighted by atomic mass is 35.5. The highest BCUT2D eigenvalue weighted by Crippen LogP contribution is 2.28. The van der Waals surface area contributed by atoms with Crippen molar-refractivity contribution in [1.29, 1.82) is 0 Å². The number of halogens is 1. The fraction of sp³-hybridized carbons (Fsp3) is 0.389. The molecular formula is C18H23ClN6O2. The van der Waals surface area contributed by atoms with Crippen LogP contribution in [0.1, 0.15) is 5.56 Å². The number of benzene rings is 1. The average Bonchev–Trinajstić information content (AvgIpc) is 2.67. The molecule has 0 aliphatic carbocycles. The molecule has 0 spiro atoms. The zero-order valence-electron chi connectivity index (χ0n) is 15.2. The van der Waals surface area contributed by atoms with Gasteiger partial charge < -0.3 is 26.0 Å². The highest BCUT2D eigenvalue weighted by molar-refractivity contribution is 6.31. The Morgan fingerprint density at radius 2 is 2.07 bits per heavy atom. The van der Waals surface area contributed by atoms with Gasteiger partial charge in [0.1, 0.15) is 5.82 Å². The number of amides is 2. The van der Waals surface area contributed by atoms with Crippen LogP contribution in [-0.2, 0) is 4.74 Å². The van der Waals surface area contributed by atoms with E-state index in [0.29, 0.717) is 55.9 Å². The standard InChI is InChI=1S/C18H23ClN6O2/c1-12-13(3-2-4-14(12)19)15-11-16(24-17(20)23-15)21-5-6-22-18(26)25-7-9-27-10-8-25/h2-4,11H,5-10H2,1H3,(H,22,26)(H3,20,21,23,24).